The van der Waals surface area contributed by atoms with Gasteiger partial charge in [0, 0.05) is 31.6 Å². The summed E-state index contributed by atoms with van der Waals surface area (Å²) in [7, 11) is -3.49. The largest absolute Gasteiger partial charge is 0.394 e. The van der Waals surface area contributed by atoms with Gasteiger partial charge in [-0.15, -0.1) is 0 Å². The number of aliphatic hydroxyl groups excluding tert-OH is 1. The van der Waals surface area contributed by atoms with Crippen LogP contribution in [-0.2, 0) is 14.8 Å². The number of nitrogens with zero attached hydrogens (tertiary/aromatic N) is 2. The fourth-order valence-corrected chi connectivity index (χ4v) is 4.10. The van der Waals surface area contributed by atoms with Gasteiger partial charge in [0.15, 0.2) is 0 Å². The average molecular weight is 530 g/mol. The van der Waals surface area contributed by atoms with E-state index in [0.29, 0.717) is 28.5 Å². The Bertz CT molecular complexity index is 930. The molecule has 1 aliphatic rings. The van der Waals surface area contributed by atoms with E-state index in [2.05, 4.69) is 41.3 Å². The summed E-state index contributed by atoms with van der Waals surface area (Å²) in [6.07, 6.45) is 4.16. The minimum atomic E-state index is -3.49. The van der Waals surface area contributed by atoms with Crippen molar-refractivity contribution in [1.29, 1.82) is 0 Å². The molecule has 0 spiro atoms. The van der Waals surface area contributed by atoms with Crippen LogP contribution < -0.4 is 15.4 Å². The lowest BCUT2D eigenvalue weighted by atomic mass is 10.1. The highest BCUT2D eigenvalue weighted by Crippen LogP contribution is 2.24. The number of nitrogens with one attached hydrogen (secondary N) is 3. The Morgan fingerprint density at radius 1 is 1.19 bits per heavy atom. The van der Waals surface area contributed by atoms with Crippen molar-refractivity contribution in [2.45, 2.75) is 44.6 Å². The lowest BCUT2D eigenvalue weighted by Gasteiger charge is -2.21. The van der Waals surface area contributed by atoms with E-state index in [-0.39, 0.29) is 23.5 Å². The molecule has 0 unspecified atom stereocenters. The van der Waals surface area contributed by atoms with Crippen molar-refractivity contribution >= 4 is 43.4 Å². The highest BCUT2D eigenvalue weighted by atomic mass is 79.9. The number of hydrogen-bond donors (Lipinski definition) is 4. The van der Waals surface area contributed by atoms with Crippen LogP contribution >= 0.6 is 15.9 Å². The maximum atomic E-state index is 12.0. The normalized spacial score (nSPS) is 14.6. The Kier molecular flexibility index (Phi) is 10.8. The molecule has 0 radical (unpaired) electrons. The van der Waals surface area contributed by atoms with Gasteiger partial charge in [0.05, 0.1) is 22.0 Å². The second-order valence-electron chi connectivity index (χ2n) is 7.54. The Morgan fingerprint density at radius 2 is 1.84 bits per heavy atom. The molecule has 4 N–H and O–H groups in total. The second kappa shape index (κ2) is 13.0. The molecule has 0 aliphatic carbocycles. The van der Waals surface area contributed by atoms with E-state index >= 15 is 0 Å². The number of benzene rings is 1. The van der Waals surface area contributed by atoms with Crippen LogP contribution in [0, 0.1) is 5.92 Å². The molecule has 1 fully saturated rings. The molecule has 3 rings (SSSR count). The molecule has 0 saturated carbocycles. The van der Waals surface area contributed by atoms with Gasteiger partial charge < -0.3 is 20.5 Å². The van der Waals surface area contributed by atoms with Crippen LogP contribution in [0.3, 0.4) is 0 Å². The zero-order valence-electron chi connectivity index (χ0n) is 18.6. The molecule has 1 aromatic carbocycles. The zero-order chi connectivity index (χ0) is 23.6. The maximum Gasteiger partial charge on any atom is 0.240 e. The van der Waals surface area contributed by atoms with Crippen LogP contribution in [0.4, 0.5) is 17.5 Å². The number of anilines is 3. The van der Waals surface area contributed by atoms with Crippen LogP contribution in [0.15, 0.2) is 39.8 Å². The van der Waals surface area contributed by atoms with Crippen molar-refractivity contribution in [1.82, 2.24) is 14.7 Å². The van der Waals surface area contributed by atoms with Crippen LogP contribution in [0.2, 0.25) is 0 Å². The summed E-state index contributed by atoms with van der Waals surface area (Å²) in [4.78, 5) is 8.82. The van der Waals surface area contributed by atoms with E-state index in [9.17, 15) is 13.5 Å². The van der Waals surface area contributed by atoms with Gasteiger partial charge in [-0.25, -0.2) is 18.1 Å². The topological polar surface area (TPSA) is 125 Å². The van der Waals surface area contributed by atoms with E-state index in [1.165, 1.54) is 25.0 Å². The first kappa shape index (κ1) is 26.5. The van der Waals surface area contributed by atoms with E-state index < -0.39 is 10.0 Å². The van der Waals surface area contributed by atoms with Crippen LogP contribution in [-0.4, -0.2) is 55.9 Å². The first-order chi connectivity index (χ1) is 15.3. The van der Waals surface area contributed by atoms with Gasteiger partial charge in [-0.1, -0.05) is 20.8 Å². The van der Waals surface area contributed by atoms with Gasteiger partial charge in [0.1, 0.15) is 5.82 Å². The molecule has 1 atom stereocenters. The summed E-state index contributed by atoms with van der Waals surface area (Å²) < 4.78 is 32.0. The summed E-state index contributed by atoms with van der Waals surface area (Å²) in [5.74, 6) is 1.13. The number of halogens is 1. The highest BCUT2D eigenvalue weighted by molar-refractivity contribution is 9.10. The van der Waals surface area contributed by atoms with Gasteiger partial charge in [0.2, 0.25) is 16.0 Å². The number of sulfonamides is 1. The van der Waals surface area contributed by atoms with Gasteiger partial charge >= 0.3 is 0 Å². The SMILES string of the molecule is C1CCOC1.CCNS(=O)(=O)c1ccc(Nc2ncc(Br)c(N[C@@H](CO)C(C)C)n2)cc1. The fraction of sp³-hybridized carbons (Fsp3) is 0.524. The molecule has 1 aliphatic heterocycles. The zero-order valence-corrected chi connectivity index (χ0v) is 21.0. The number of aromatic nitrogens is 2. The molecular formula is C21H32BrN5O4S. The number of ether oxygens (including phenoxy) is 1. The third kappa shape index (κ3) is 8.28. The maximum absolute atomic E-state index is 12.0. The summed E-state index contributed by atoms with van der Waals surface area (Å²) in [6.45, 7) is 8.05. The molecule has 1 saturated heterocycles. The lowest BCUT2D eigenvalue weighted by Crippen LogP contribution is -2.30. The minimum absolute atomic E-state index is 0.0153. The van der Waals surface area contributed by atoms with Crippen molar-refractivity contribution in [2.75, 3.05) is 37.0 Å². The monoisotopic (exact) mass is 529 g/mol. The lowest BCUT2D eigenvalue weighted by molar-refractivity contribution is 0.198. The minimum Gasteiger partial charge on any atom is -0.394 e. The smallest absolute Gasteiger partial charge is 0.240 e. The Morgan fingerprint density at radius 3 is 2.34 bits per heavy atom. The first-order valence-electron chi connectivity index (χ1n) is 10.6. The quantitative estimate of drug-likeness (QED) is 0.388. The van der Waals surface area contributed by atoms with Gasteiger partial charge in [-0.2, -0.15) is 4.98 Å². The van der Waals surface area contributed by atoms with E-state index in [4.69, 9.17) is 4.74 Å². The third-order valence-corrected chi connectivity index (χ3v) is 6.79. The first-order valence-corrected chi connectivity index (χ1v) is 12.9. The van der Waals surface area contributed by atoms with Crippen molar-refractivity contribution in [2.24, 2.45) is 5.92 Å². The molecular weight excluding hydrogens is 498 g/mol. The number of aliphatic hydroxyl groups is 1. The van der Waals surface area contributed by atoms with Gasteiger partial charge in [0.25, 0.3) is 0 Å². The van der Waals surface area contributed by atoms with E-state index in [1.54, 1.807) is 25.3 Å². The molecule has 9 nitrogen and oxygen atoms in total. The van der Waals surface area contributed by atoms with Crippen LogP contribution in [0.25, 0.3) is 0 Å². The summed E-state index contributed by atoms with van der Waals surface area (Å²) in [6, 6.07) is 6.18. The Labute approximate surface area is 198 Å². The van der Waals surface area contributed by atoms with Crippen molar-refractivity contribution in [3.63, 3.8) is 0 Å². The van der Waals surface area contributed by atoms with Gasteiger partial charge in [-0.05, 0) is 59.0 Å². The Balaban J connectivity index is 0.000000636. The fourth-order valence-electron chi connectivity index (χ4n) is 2.76. The molecule has 0 amide bonds. The summed E-state index contributed by atoms with van der Waals surface area (Å²) >= 11 is 3.40. The van der Waals surface area contributed by atoms with Crippen molar-refractivity contribution in [3.8, 4) is 0 Å². The number of hydrogen-bond acceptors (Lipinski definition) is 8. The predicted octanol–water partition coefficient (Wildman–Crippen LogP) is 3.51. The van der Waals surface area contributed by atoms with Crippen molar-refractivity contribution < 1.29 is 18.3 Å². The van der Waals surface area contributed by atoms with Crippen LogP contribution in [0.1, 0.15) is 33.6 Å². The average Bonchev–Trinajstić information content (AvgIpc) is 3.34. The Hall–Kier alpha value is -1.79. The third-order valence-electron chi connectivity index (χ3n) is 4.65. The second-order valence-corrected chi connectivity index (χ2v) is 10.2. The van der Waals surface area contributed by atoms with Crippen LogP contribution in [0.5, 0.6) is 0 Å². The molecule has 1 aromatic heterocycles. The standard InChI is InChI=1S/C17H24BrN5O3S.C4H8O/c1-4-20-27(25,26)13-7-5-12(6-8-13)21-17-19-9-14(18)16(23-17)22-15(10-24)11(2)3;1-2-4-5-3-1/h5-9,11,15,20,24H,4,10H2,1-3H3,(H2,19,21,22,23);1-4H2/t15-;/m0./s1. The van der Waals surface area contributed by atoms with Gasteiger partial charge in [-0.3, -0.25) is 0 Å². The highest BCUT2D eigenvalue weighted by Gasteiger charge is 2.16. The van der Waals surface area contributed by atoms with E-state index in [0.717, 1.165) is 13.2 Å². The molecule has 11 heteroatoms. The number of rotatable bonds is 9. The molecule has 178 valence electrons. The van der Waals surface area contributed by atoms with E-state index in [1.807, 2.05) is 13.8 Å². The summed E-state index contributed by atoms with van der Waals surface area (Å²) in [5.41, 5.74) is 0.654. The molecule has 2 heterocycles. The predicted molar refractivity (Wildman–Crippen MR) is 130 cm³/mol. The summed E-state index contributed by atoms with van der Waals surface area (Å²) in [5, 5.41) is 15.7. The molecule has 2 aromatic rings. The van der Waals surface area contributed by atoms with Crippen molar-refractivity contribution in [3.05, 3.63) is 34.9 Å². The molecule has 0 bridgehead atoms. The molecule has 32 heavy (non-hydrogen) atoms.